The molecule has 2 N–H and O–H groups in total. The van der Waals surface area contributed by atoms with Crippen molar-refractivity contribution in [3.63, 3.8) is 0 Å². The first-order valence-corrected chi connectivity index (χ1v) is 11.7. The summed E-state index contributed by atoms with van der Waals surface area (Å²) in [5.74, 6) is 2.04. The molecular weight excluding hydrogens is 517 g/mol. The molecule has 0 amide bonds. The number of rotatable bonds is 5. The largest absolute Gasteiger partial charge is 0.488 e. The summed E-state index contributed by atoms with van der Waals surface area (Å²) in [5.41, 5.74) is 4.66. The Balaban J connectivity index is 0.00000160. The summed E-state index contributed by atoms with van der Waals surface area (Å²) < 4.78 is 12.4. The first kappa shape index (κ1) is 26.6. The molecule has 0 saturated heterocycles. The molecule has 4 aromatic rings. The number of hydrogen-bond acceptors (Lipinski definition) is 9. The van der Waals surface area contributed by atoms with Crippen molar-refractivity contribution in [3.05, 3.63) is 70.0 Å². The molecule has 0 fully saturated rings. The average molecular weight is 544 g/mol. The van der Waals surface area contributed by atoms with Crippen LogP contribution < -0.4 is 25.7 Å². The Labute approximate surface area is 225 Å². The molecule has 1 unspecified atom stereocenters. The molecule has 2 aliphatic rings. The number of ether oxygens (including phenoxy) is 2. The summed E-state index contributed by atoms with van der Waals surface area (Å²) in [7, 11) is 1.55. The SMILES string of the molecule is COc1ccc2ncc(=O)n(-c3cnc4c(c3)CCC(NCc3ccc5c(n3)NCCO5)C4)c2n1.Cl.Cl. The molecule has 1 atom stereocenters. The third-order valence-corrected chi connectivity index (χ3v) is 6.43. The van der Waals surface area contributed by atoms with Gasteiger partial charge in [-0.25, -0.2) is 9.97 Å². The maximum Gasteiger partial charge on any atom is 0.275 e. The van der Waals surface area contributed by atoms with Gasteiger partial charge in [0.15, 0.2) is 17.2 Å². The summed E-state index contributed by atoms with van der Waals surface area (Å²) in [5, 5.41) is 6.90. The smallest absolute Gasteiger partial charge is 0.275 e. The van der Waals surface area contributed by atoms with Gasteiger partial charge >= 0.3 is 0 Å². The Morgan fingerprint density at radius 2 is 2.05 bits per heavy atom. The molecule has 0 spiro atoms. The number of hydrogen-bond donors (Lipinski definition) is 2. The number of fused-ring (bicyclic) bond motifs is 3. The number of methoxy groups -OCH3 is 1. The van der Waals surface area contributed by atoms with Crippen molar-refractivity contribution >= 4 is 41.8 Å². The molecule has 0 radical (unpaired) electrons. The zero-order valence-electron chi connectivity index (χ0n) is 20.1. The van der Waals surface area contributed by atoms with Gasteiger partial charge in [0.1, 0.15) is 12.1 Å². The molecule has 4 aromatic heterocycles. The van der Waals surface area contributed by atoms with Gasteiger partial charge in [-0.05, 0) is 42.7 Å². The van der Waals surface area contributed by atoms with Crippen LogP contribution in [0.1, 0.15) is 23.4 Å². The monoisotopic (exact) mass is 543 g/mol. The maximum atomic E-state index is 12.7. The van der Waals surface area contributed by atoms with Gasteiger partial charge in [-0.2, -0.15) is 4.98 Å². The molecule has 10 nitrogen and oxygen atoms in total. The first-order valence-electron chi connectivity index (χ1n) is 11.7. The van der Waals surface area contributed by atoms with Gasteiger partial charge in [0.2, 0.25) is 5.88 Å². The van der Waals surface area contributed by atoms with Crippen LogP contribution in [0.25, 0.3) is 16.9 Å². The number of aryl methyl sites for hydroxylation is 1. The summed E-state index contributed by atoms with van der Waals surface area (Å²) in [4.78, 5) is 30.8. The Hall–Kier alpha value is -3.47. The van der Waals surface area contributed by atoms with E-state index in [4.69, 9.17) is 14.5 Å². The lowest BCUT2D eigenvalue weighted by Crippen LogP contribution is -2.35. The highest BCUT2D eigenvalue weighted by Gasteiger charge is 2.21. The van der Waals surface area contributed by atoms with Crippen molar-refractivity contribution < 1.29 is 9.47 Å². The summed E-state index contributed by atoms with van der Waals surface area (Å²) in [6.45, 7) is 2.12. The quantitative estimate of drug-likeness (QED) is 0.391. The molecule has 0 saturated carbocycles. The van der Waals surface area contributed by atoms with Crippen LogP contribution in [0.15, 0.2) is 47.5 Å². The minimum Gasteiger partial charge on any atom is -0.488 e. The van der Waals surface area contributed by atoms with Crippen LogP contribution in [0.2, 0.25) is 0 Å². The van der Waals surface area contributed by atoms with Crippen LogP contribution in [0.3, 0.4) is 0 Å². The lowest BCUT2D eigenvalue weighted by atomic mass is 9.91. The second-order valence-electron chi connectivity index (χ2n) is 8.67. The first-order chi connectivity index (χ1) is 17.2. The standard InChI is InChI=1S/C25H25N7O3.2ClH/c1-34-22-7-5-19-25(31-22)32(23(33)14-29-19)18-10-15-2-3-16(11-20(15)28-13-18)27-12-17-4-6-21-24(30-17)26-8-9-35-21;;/h4-7,10,13-14,16,27H,2-3,8-9,11-12H2,1H3,(H,26,30);2*1H. The van der Waals surface area contributed by atoms with Crippen LogP contribution >= 0.6 is 24.8 Å². The van der Waals surface area contributed by atoms with Gasteiger partial charge in [0.25, 0.3) is 5.56 Å². The predicted octanol–water partition coefficient (Wildman–Crippen LogP) is 2.87. The molecular formula is C25H27Cl2N7O3. The number of anilines is 1. The number of halogens is 2. The highest BCUT2D eigenvalue weighted by Crippen LogP contribution is 2.26. The summed E-state index contributed by atoms with van der Waals surface area (Å²) in [6.07, 6.45) is 5.71. The van der Waals surface area contributed by atoms with Crippen molar-refractivity contribution in [2.75, 3.05) is 25.6 Å². The second kappa shape index (κ2) is 11.3. The van der Waals surface area contributed by atoms with Crippen LogP contribution in [-0.2, 0) is 19.4 Å². The van der Waals surface area contributed by atoms with Gasteiger partial charge in [-0.15, -0.1) is 24.8 Å². The van der Waals surface area contributed by atoms with Crippen molar-refractivity contribution in [2.24, 2.45) is 0 Å². The molecule has 5 heterocycles. The summed E-state index contributed by atoms with van der Waals surface area (Å²) in [6, 6.07) is 9.83. The van der Waals surface area contributed by atoms with Gasteiger partial charge in [-0.3, -0.25) is 14.3 Å². The van der Waals surface area contributed by atoms with Gasteiger partial charge in [0, 0.05) is 30.8 Å². The number of nitrogens with zero attached hydrogens (tertiary/aromatic N) is 5. The third-order valence-electron chi connectivity index (χ3n) is 6.43. The van der Waals surface area contributed by atoms with Crippen LogP contribution in [0, 0.1) is 0 Å². The highest BCUT2D eigenvalue weighted by atomic mass is 35.5. The fraction of sp³-hybridized carbons (Fsp3) is 0.320. The normalized spacial score (nSPS) is 15.8. The van der Waals surface area contributed by atoms with Crippen molar-refractivity contribution in [1.82, 2.24) is 29.8 Å². The zero-order chi connectivity index (χ0) is 23.8. The van der Waals surface area contributed by atoms with Crippen LogP contribution in [-0.4, -0.2) is 50.8 Å². The zero-order valence-corrected chi connectivity index (χ0v) is 21.8. The Morgan fingerprint density at radius 1 is 1.16 bits per heavy atom. The molecule has 1 aliphatic carbocycles. The molecule has 1 aliphatic heterocycles. The van der Waals surface area contributed by atoms with E-state index in [1.165, 1.54) is 6.20 Å². The minimum absolute atomic E-state index is 0. The fourth-order valence-corrected chi connectivity index (χ4v) is 4.63. The molecule has 6 rings (SSSR count). The van der Waals surface area contributed by atoms with Crippen LogP contribution in [0.4, 0.5) is 5.82 Å². The fourth-order valence-electron chi connectivity index (χ4n) is 4.63. The second-order valence-corrected chi connectivity index (χ2v) is 8.67. The van der Waals surface area contributed by atoms with E-state index in [0.717, 1.165) is 54.3 Å². The molecule has 0 bridgehead atoms. The van der Waals surface area contributed by atoms with E-state index in [-0.39, 0.29) is 30.4 Å². The lowest BCUT2D eigenvalue weighted by molar-refractivity contribution is 0.321. The van der Waals surface area contributed by atoms with Crippen molar-refractivity contribution in [1.29, 1.82) is 0 Å². The summed E-state index contributed by atoms with van der Waals surface area (Å²) >= 11 is 0. The lowest BCUT2D eigenvalue weighted by Gasteiger charge is -2.25. The van der Waals surface area contributed by atoms with Gasteiger partial charge in [0.05, 0.1) is 37.4 Å². The van der Waals surface area contributed by atoms with Gasteiger partial charge < -0.3 is 20.1 Å². The van der Waals surface area contributed by atoms with E-state index in [1.807, 2.05) is 18.2 Å². The average Bonchev–Trinajstić information content (AvgIpc) is 2.91. The van der Waals surface area contributed by atoms with Crippen LogP contribution in [0.5, 0.6) is 11.6 Å². The molecule has 0 aromatic carbocycles. The third kappa shape index (κ3) is 5.31. The predicted molar refractivity (Wildman–Crippen MR) is 145 cm³/mol. The van der Waals surface area contributed by atoms with E-state index < -0.39 is 0 Å². The maximum absolute atomic E-state index is 12.7. The molecule has 194 valence electrons. The molecule has 12 heteroatoms. The van der Waals surface area contributed by atoms with Crippen molar-refractivity contribution in [2.45, 2.75) is 31.8 Å². The number of aromatic nitrogens is 5. The van der Waals surface area contributed by atoms with E-state index in [9.17, 15) is 4.79 Å². The van der Waals surface area contributed by atoms with E-state index in [1.54, 1.807) is 30.0 Å². The topological polar surface area (TPSA) is 116 Å². The highest BCUT2D eigenvalue weighted by molar-refractivity contribution is 5.85. The van der Waals surface area contributed by atoms with E-state index >= 15 is 0 Å². The van der Waals surface area contributed by atoms with Crippen molar-refractivity contribution in [3.8, 4) is 17.3 Å². The Kier molecular flexibility index (Phi) is 8.11. The molecule has 37 heavy (non-hydrogen) atoms. The number of pyridine rings is 3. The number of nitrogens with one attached hydrogen (secondary N) is 2. The van der Waals surface area contributed by atoms with E-state index in [0.29, 0.717) is 41.9 Å². The van der Waals surface area contributed by atoms with Gasteiger partial charge in [-0.1, -0.05) is 0 Å². The van der Waals surface area contributed by atoms with E-state index in [2.05, 4.69) is 25.6 Å². The Bertz CT molecular complexity index is 1480. The minimum atomic E-state index is -0.257. The Morgan fingerprint density at radius 3 is 2.92 bits per heavy atom.